The number of hydrogen-bond donors (Lipinski definition) is 0. The Morgan fingerprint density at radius 2 is 1.67 bits per heavy atom. The summed E-state index contributed by atoms with van der Waals surface area (Å²) in [5, 5.41) is 1.33. The van der Waals surface area contributed by atoms with Crippen molar-refractivity contribution in [1.29, 1.82) is 0 Å². The molecule has 0 aromatic heterocycles. The first-order valence-corrected chi connectivity index (χ1v) is 6.70. The Morgan fingerprint density at radius 3 is 2.33 bits per heavy atom. The van der Waals surface area contributed by atoms with Gasteiger partial charge in [0.15, 0.2) is 0 Å². The van der Waals surface area contributed by atoms with E-state index in [1.54, 1.807) is 6.07 Å². The molecule has 0 aliphatic carbocycles. The van der Waals surface area contributed by atoms with E-state index in [0.717, 1.165) is 11.1 Å². The zero-order valence-electron chi connectivity index (χ0n) is 9.50. The van der Waals surface area contributed by atoms with Crippen LogP contribution in [-0.2, 0) is 12.5 Å². The van der Waals surface area contributed by atoms with Crippen molar-refractivity contribution in [3.8, 4) is 5.75 Å². The Balaban J connectivity index is 2.10. The molecule has 18 heavy (non-hydrogen) atoms. The maximum Gasteiger partial charge on any atom is 0.125 e. The van der Waals surface area contributed by atoms with Gasteiger partial charge >= 0.3 is 0 Å². The number of rotatable bonds is 4. The van der Waals surface area contributed by atoms with E-state index in [2.05, 4.69) is 0 Å². The number of alkyl halides is 1. The highest BCUT2D eigenvalue weighted by atomic mass is 35.5. The van der Waals surface area contributed by atoms with Crippen LogP contribution in [0.4, 0.5) is 0 Å². The van der Waals surface area contributed by atoms with Gasteiger partial charge in [-0.25, -0.2) is 0 Å². The summed E-state index contributed by atoms with van der Waals surface area (Å²) in [4.78, 5) is 0. The van der Waals surface area contributed by atoms with Crippen LogP contribution < -0.4 is 4.74 Å². The molecular formula is C14H11Cl3O. The molecule has 0 saturated carbocycles. The van der Waals surface area contributed by atoms with Crippen LogP contribution in [0, 0.1) is 0 Å². The fourth-order valence-electron chi connectivity index (χ4n) is 1.55. The predicted molar refractivity (Wildman–Crippen MR) is 76.8 cm³/mol. The molecule has 94 valence electrons. The van der Waals surface area contributed by atoms with Crippen molar-refractivity contribution in [2.24, 2.45) is 0 Å². The van der Waals surface area contributed by atoms with E-state index in [1.807, 2.05) is 36.4 Å². The van der Waals surface area contributed by atoms with Crippen molar-refractivity contribution in [3.63, 3.8) is 0 Å². The van der Waals surface area contributed by atoms with Gasteiger partial charge < -0.3 is 4.74 Å². The van der Waals surface area contributed by atoms with Crippen LogP contribution in [0.15, 0.2) is 42.5 Å². The summed E-state index contributed by atoms with van der Waals surface area (Å²) in [7, 11) is 0. The first-order valence-electron chi connectivity index (χ1n) is 5.41. The van der Waals surface area contributed by atoms with E-state index in [1.165, 1.54) is 0 Å². The second kappa shape index (κ2) is 6.33. The fourth-order valence-corrected chi connectivity index (χ4v) is 2.25. The third-order valence-electron chi connectivity index (χ3n) is 2.52. The van der Waals surface area contributed by atoms with Gasteiger partial charge in [-0.1, -0.05) is 41.4 Å². The SMILES string of the molecule is ClCc1c(Cl)cccc1OCc1ccc(Cl)cc1. The average molecular weight is 302 g/mol. The molecule has 4 heteroatoms. The van der Waals surface area contributed by atoms with Crippen molar-refractivity contribution in [1.82, 2.24) is 0 Å². The minimum atomic E-state index is 0.329. The Bertz CT molecular complexity index is 523. The van der Waals surface area contributed by atoms with Crippen LogP contribution in [0.3, 0.4) is 0 Å². The normalized spacial score (nSPS) is 10.4. The summed E-state index contributed by atoms with van der Waals surface area (Å²) < 4.78 is 5.72. The van der Waals surface area contributed by atoms with Gasteiger partial charge in [0.2, 0.25) is 0 Å². The lowest BCUT2D eigenvalue weighted by molar-refractivity contribution is 0.304. The van der Waals surface area contributed by atoms with Crippen molar-refractivity contribution < 1.29 is 4.74 Å². The average Bonchev–Trinajstić information content (AvgIpc) is 2.38. The van der Waals surface area contributed by atoms with Crippen molar-refractivity contribution in [3.05, 3.63) is 63.6 Å². The lowest BCUT2D eigenvalue weighted by Gasteiger charge is -2.11. The standard InChI is InChI=1S/C14H11Cl3O/c15-8-12-13(17)2-1-3-14(12)18-9-10-4-6-11(16)7-5-10/h1-7H,8-9H2. The van der Waals surface area contributed by atoms with E-state index < -0.39 is 0 Å². The summed E-state index contributed by atoms with van der Waals surface area (Å²) in [5.74, 6) is 1.04. The summed E-state index contributed by atoms with van der Waals surface area (Å²) in [6.07, 6.45) is 0. The van der Waals surface area contributed by atoms with Gasteiger partial charge in [-0.05, 0) is 29.8 Å². The molecular weight excluding hydrogens is 291 g/mol. The summed E-state index contributed by atoms with van der Waals surface area (Å²) in [5.41, 5.74) is 1.86. The molecule has 0 bridgehead atoms. The number of hydrogen-bond acceptors (Lipinski definition) is 1. The summed E-state index contributed by atoms with van der Waals surface area (Å²) >= 11 is 17.7. The molecule has 0 heterocycles. The summed E-state index contributed by atoms with van der Waals surface area (Å²) in [6, 6.07) is 13.0. The monoisotopic (exact) mass is 300 g/mol. The first kappa shape index (κ1) is 13.5. The summed E-state index contributed by atoms with van der Waals surface area (Å²) in [6.45, 7) is 0.460. The second-order valence-electron chi connectivity index (χ2n) is 3.77. The van der Waals surface area contributed by atoms with Crippen LogP contribution in [-0.4, -0.2) is 0 Å². The van der Waals surface area contributed by atoms with Gasteiger partial charge in [0.25, 0.3) is 0 Å². The fraction of sp³-hybridized carbons (Fsp3) is 0.143. The molecule has 0 saturated heterocycles. The van der Waals surface area contributed by atoms with Gasteiger partial charge in [0.1, 0.15) is 12.4 Å². The van der Waals surface area contributed by atoms with E-state index in [-0.39, 0.29) is 0 Å². The minimum Gasteiger partial charge on any atom is -0.489 e. The third-order valence-corrected chi connectivity index (χ3v) is 3.39. The first-order chi connectivity index (χ1) is 8.70. The van der Waals surface area contributed by atoms with Crippen LogP contribution >= 0.6 is 34.8 Å². The van der Waals surface area contributed by atoms with E-state index >= 15 is 0 Å². The van der Waals surface area contributed by atoms with Gasteiger partial charge in [-0.2, -0.15) is 0 Å². The molecule has 1 nitrogen and oxygen atoms in total. The highest BCUT2D eigenvalue weighted by Crippen LogP contribution is 2.28. The molecule has 2 rings (SSSR count). The lowest BCUT2D eigenvalue weighted by Crippen LogP contribution is -1.98. The highest BCUT2D eigenvalue weighted by Gasteiger charge is 2.07. The van der Waals surface area contributed by atoms with Crippen LogP contribution in [0.2, 0.25) is 10.0 Å². The predicted octanol–water partition coefficient (Wildman–Crippen LogP) is 5.31. The van der Waals surface area contributed by atoms with Crippen LogP contribution in [0.25, 0.3) is 0 Å². The minimum absolute atomic E-state index is 0.329. The third kappa shape index (κ3) is 3.32. The Hall–Kier alpha value is -0.890. The molecule has 0 aliphatic heterocycles. The number of benzene rings is 2. The van der Waals surface area contributed by atoms with Crippen molar-refractivity contribution in [2.75, 3.05) is 0 Å². The molecule has 2 aromatic rings. The quantitative estimate of drug-likeness (QED) is 0.695. The Kier molecular flexibility index (Phi) is 4.76. The molecule has 0 aliphatic rings. The largest absolute Gasteiger partial charge is 0.489 e. The Labute approximate surface area is 121 Å². The van der Waals surface area contributed by atoms with Gasteiger partial charge in [0, 0.05) is 15.6 Å². The van der Waals surface area contributed by atoms with Gasteiger partial charge in [-0.3, -0.25) is 0 Å². The molecule has 2 aromatic carbocycles. The molecule has 0 fully saturated rings. The second-order valence-corrected chi connectivity index (χ2v) is 4.88. The number of halogens is 3. The highest BCUT2D eigenvalue weighted by molar-refractivity contribution is 6.32. The molecule has 0 atom stereocenters. The van der Waals surface area contributed by atoms with Crippen LogP contribution in [0.5, 0.6) is 5.75 Å². The van der Waals surface area contributed by atoms with E-state index in [9.17, 15) is 0 Å². The van der Waals surface area contributed by atoms with E-state index in [4.69, 9.17) is 39.5 Å². The van der Waals surface area contributed by atoms with Crippen LogP contribution in [0.1, 0.15) is 11.1 Å². The maximum absolute atomic E-state index is 6.05. The zero-order valence-corrected chi connectivity index (χ0v) is 11.8. The molecule has 0 N–H and O–H groups in total. The lowest BCUT2D eigenvalue weighted by atomic mass is 10.2. The smallest absolute Gasteiger partial charge is 0.125 e. The Morgan fingerprint density at radius 1 is 0.944 bits per heavy atom. The van der Waals surface area contributed by atoms with Crippen molar-refractivity contribution >= 4 is 34.8 Å². The van der Waals surface area contributed by atoms with Crippen molar-refractivity contribution in [2.45, 2.75) is 12.5 Å². The zero-order chi connectivity index (χ0) is 13.0. The number of ether oxygens (including phenoxy) is 1. The van der Waals surface area contributed by atoms with Gasteiger partial charge in [-0.15, -0.1) is 11.6 Å². The molecule has 0 amide bonds. The van der Waals surface area contributed by atoms with E-state index in [0.29, 0.717) is 28.3 Å². The maximum atomic E-state index is 6.05. The molecule has 0 radical (unpaired) electrons. The molecule has 0 unspecified atom stereocenters. The topological polar surface area (TPSA) is 9.23 Å². The van der Waals surface area contributed by atoms with Gasteiger partial charge in [0.05, 0.1) is 5.88 Å². The molecule has 0 spiro atoms.